The van der Waals surface area contributed by atoms with Gasteiger partial charge in [0, 0.05) is 19.2 Å². The zero-order chi connectivity index (χ0) is 23.6. The molecule has 0 aromatic carbocycles. The summed E-state index contributed by atoms with van der Waals surface area (Å²) in [7, 11) is 0. The smallest absolute Gasteiger partial charge is 0.434 e. The molecule has 0 bridgehead atoms. The van der Waals surface area contributed by atoms with Crippen LogP contribution < -0.4 is 20.7 Å². The van der Waals surface area contributed by atoms with Gasteiger partial charge in [-0.05, 0) is 24.5 Å². The van der Waals surface area contributed by atoms with Crippen LogP contribution in [0.4, 0.5) is 34.1 Å². The molecule has 3 aromatic heterocycles. The van der Waals surface area contributed by atoms with Gasteiger partial charge in [0.15, 0.2) is 11.9 Å². The molecule has 4 rings (SSSR count). The second kappa shape index (κ2) is 9.23. The Labute approximate surface area is 188 Å². The molecule has 0 aliphatic carbocycles. The minimum absolute atomic E-state index is 0.0245. The van der Waals surface area contributed by atoms with E-state index in [1.807, 2.05) is 0 Å². The number of amides is 1. The Morgan fingerprint density at radius 3 is 2.61 bits per heavy atom. The number of aryl methyl sites for hydroxylation is 1. The van der Waals surface area contributed by atoms with Crippen molar-refractivity contribution in [3.05, 3.63) is 47.7 Å². The Morgan fingerprint density at radius 1 is 1.18 bits per heavy atom. The average molecular weight is 483 g/mol. The van der Waals surface area contributed by atoms with Gasteiger partial charge in [0.2, 0.25) is 5.88 Å². The zero-order valence-electron chi connectivity index (χ0n) is 17.0. The predicted octanol–water partition coefficient (Wildman–Crippen LogP) is 3.34. The highest BCUT2D eigenvalue weighted by Crippen LogP contribution is 2.30. The van der Waals surface area contributed by atoms with Crippen molar-refractivity contribution in [3.63, 3.8) is 0 Å². The van der Waals surface area contributed by atoms with E-state index in [1.165, 1.54) is 12.3 Å². The Bertz CT molecular complexity index is 1120. The number of carbonyl (C=O) groups is 1. The second-order valence-corrected chi connectivity index (χ2v) is 7.82. The van der Waals surface area contributed by atoms with Gasteiger partial charge in [0.1, 0.15) is 16.9 Å². The SMILES string of the molecule is Cc1nsc(Nc2cnc(C(F)(F)F)cn2)c1C(=O)Nc1ccc(OC2CNCC2F)nc1. The van der Waals surface area contributed by atoms with Crippen LogP contribution in [0.1, 0.15) is 21.7 Å². The maximum Gasteiger partial charge on any atom is 0.434 e. The lowest BCUT2D eigenvalue weighted by atomic mass is 10.2. The van der Waals surface area contributed by atoms with E-state index in [0.29, 0.717) is 24.1 Å². The number of hydrogen-bond acceptors (Lipinski definition) is 9. The maximum absolute atomic E-state index is 13.6. The van der Waals surface area contributed by atoms with E-state index in [4.69, 9.17) is 4.74 Å². The lowest BCUT2D eigenvalue weighted by Crippen LogP contribution is -2.27. The highest BCUT2D eigenvalue weighted by Gasteiger charge is 2.33. The fraction of sp³-hybridized carbons (Fsp3) is 0.316. The van der Waals surface area contributed by atoms with Crippen LogP contribution in [0.3, 0.4) is 0 Å². The number of pyridine rings is 1. The van der Waals surface area contributed by atoms with Crippen LogP contribution in [-0.4, -0.2) is 50.6 Å². The van der Waals surface area contributed by atoms with Gasteiger partial charge in [-0.3, -0.25) is 4.79 Å². The fourth-order valence-electron chi connectivity index (χ4n) is 2.99. The van der Waals surface area contributed by atoms with Crippen LogP contribution in [-0.2, 0) is 6.18 Å². The van der Waals surface area contributed by atoms with Crippen molar-refractivity contribution in [1.82, 2.24) is 24.6 Å². The van der Waals surface area contributed by atoms with Crippen molar-refractivity contribution >= 4 is 33.9 Å². The topological polar surface area (TPSA) is 114 Å². The van der Waals surface area contributed by atoms with Crippen molar-refractivity contribution in [1.29, 1.82) is 0 Å². The maximum atomic E-state index is 13.6. The van der Waals surface area contributed by atoms with Gasteiger partial charge in [-0.25, -0.2) is 19.3 Å². The first-order chi connectivity index (χ1) is 15.7. The summed E-state index contributed by atoms with van der Waals surface area (Å²) in [5.41, 5.74) is -0.160. The molecule has 14 heteroatoms. The van der Waals surface area contributed by atoms with Crippen molar-refractivity contribution in [2.75, 3.05) is 23.7 Å². The first-order valence-electron chi connectivity index (χ1n) is 9.62. The lowest BCUT2D eigenvalue weighted by Gasteiger charge is -2.14. The summed E-state index contributed by atoms with van der Waals surface area (Å²) in [6.07, 6.45) is -3.47. The molecule has 4 heterocycles. The number of anilines is 3. The number of alkyl halides is 4. The molecular formula is C19H17F4N7O2S. The van der Waals surface area contributed by atoms with Crippen LogP contribution in [0, 0.1) is 6.92 Å². The molecule has 3 aromatic rings. The van der Waals surface area contributed by atoms with Crippen LogP contribution in [0.5, 0.6) is 5.88 Å². The molecule has 33 heavy (non-hydrogen) atoms. The number of rotatable bonds is 6. The van der Waals surface area contributed by atoms with E-state index in [9.17, 15) is 22.4 Å². The Morgan fingerprint density at radius 2 is 2.00 bits per heavy atom. The summed E-state index contributed by atoms with van der Waals surface area (Å²) in [5, 5.41) is 8.60. The summed E-state index contributed by atoms with van der Waals surface area (Å²) in [6.45, 7) is 2.22. The fourth-order valence-corrected chi connectivity index (χ4v) is 3.79. The third kappa shape index (κ3) is 5.34. The first kappa shape index (κ1) is 22.8. The molecule has 1 amide bonds. The minimum Gasteiger partial charge on any atom is -0.470 e. The number of nitrogens with one attached hydrogen (secondary N) is 3. The van der Waals surface area contributed by atoms with Gasteiger partial charge < -0.3 is 20.7 Å². The van der Waals surface area contributed by atoms with Gasteiger partial charge >= 0.3 is 6.18 Å². The van der Waals surface area contributed by atoms with E-state index in [0.717, 1.165) is 17.7 Å². The molecule has 0 radical (unpaired) electrons. The molecule has 0 saturated carbocycles. The molecule has 174 valence electrons. The van der Waals surface area contributed by atoms with E-state index < -0.39 is 30.1 Å². The molecule has 1 aliphatic rings. The van der Waals surface area contributed by atoms with Crippen LogP contribution in [0.15, 0.2) is 30.7 Å². The number of nitrogens with zero attached hydrogens (tertiary/aromatic N) is 4. The van der Waals surface area contributed by atoms with Crippen molar-refractivity contribution in [2.24, 2.45) is 0 Å². The number of aromatic nitrogens is 4. The molecule has 9 nitrogen and oxygen atoms in total. The number of carbonyl (C=O) groups excluding carboxylic acids is 1. The van der Waals surface area contributed by atoms with E-state index in [2.05, 4.69) is 35.3 Å². The van der Waals surface area contributed by atoms with Gasteiger partial charge in [-0.1, -0.05) is 0 Å². The minimum atomic E-state index is -4.60. The van der Waals surface area contributed by atoms with Gasteiger partial charge in [0.05, 0.1) is 35.5 Å². The van der Waals surface area contributed by atoms with Crippen LogP contribution in [0.25, 0.3) is 0 Å². The van der Waals surface area contributed by atoms with Crippen molar-refractivity contribution in [3.8, 4) is 5.88 Å². The van der Waals surface area contributed by atoms with Crippen LogP contribution in [0.2, 0.25) is 0 Å². The summed E-state index contributed by atoms with van der Waals surface area (Å²) < 4.78 is 61.2. The molecule has 1 aliphatic heterocycles. The van der Waals surface area contributed by atoms with Gasteiger partial charge in [-0.2, -0.15) is 17.5 Å². The van der Waals surface area contributed by atoms with Crippen LogP contribution >= 0.6 is 11.5 Å². The Balaban J connectivity index is 1.43. The largest absolute Gasteiger partial charge is 0.470 e. The third-order valence-electron chi connectivity index (χ3n) is 4.63. The van der Waals surface area contributed by atoms with Crippen molar-refractivity contribution < 1.29 is 27.1 Å². The first-order valence-corrected chi connectivity index (χ1v) is 10.4. The van der Waals surface area contributed by atoms with E-state index in [-0.39, 0.29) is 28.8 Å². The molecule has 2 atom stereocenters. The highest BCUT2D eigenvalue weighted by molar-refractivity contribution is 7.10. The third-order valence-corrected chi connectivity index (χ3v) is 5.48. The summed E-state index contributed by atoms with van der Waals surface area (Å²) in [4.78, 5) is 23.9. The summed E-state index contributed by atoms with van der Waals surface area (Å²) in [5.74, 6) is -0.264. The standard InChI is InChI=1S/C19H17F4N7O2S/c1-9-16(18(33-30-9)29-14-8-25-13(7-26-14)19(21,22)23)17(31)28-10-2-3-15(27-4-10)32-12-6-24-5-11(12)20/h2-4,7-8,11-12,24H,5-6H2,1H3,(H,26,29)(H,28,31). The second-order valence-electron chi connectivity index (χ2n) is 7.05. The van der Waals surface area contributed by atoms with Crippen molar-refractivity contribution in [2.45, 2.75) is 25.4 Å². The molecular weight excluding hydrogens is 466 g/mol. The summed E-state index contributed by atoms with van der Waals surface area (Å²) >= 11 is 0.951. The zero-order valence-corrected chi connectivity index (χ0v) is 17.8. The van der Waals surface area contributed by atoms with E-state index in [1.54, 1.807) is 13.0 Å². The summed E-state index contributed by atoms with van der Waals surface area (Å²) in [6, 6.07) is 3.07. The monoisotopic (exact) mass is 483 g/mol. The molecule has 3 N–H and O–H groups in total. The number of hydrogen-bond donors (Lipinski definition) is 3. The lowest BCUT2D eigenvalue weighted by molar-refractivity contribution is -0.141. The Hall–Kier alpha value is -3.39. The quantitative estimate of drug-likeness (QED) is 0.458. The predicted molar refractivity (Wildman–Crippen MR) is 112 cm³/mol. The number of halogens is 4. The van der Waals surface area contributed by atoms with Gasteiger partial charge in [0.25, 0.3) is 5.91 Å². The molecule has 0 spiro atoms. The normalized spacial score (nSPS) is 18.2. The Kier molecular flexibility index (Phi) is 6.37. The highest BCUT2D eigenvalue weighted by atomic mass is 32.1. The molecule has 1 fully saturated rings. The number of ether oxygens (including phenoxy) is 1. The van der Waals surface area contributed by atoms with Gasteiger partial charge in [-0.15, -0.1) is 0 Å². The van der Waals surface area contributed by atoms with E-state index >= 15 is 0 Å². The average Bonchev–Trinajstić information content (AvgIpc) is 3.34. The molecule has 2 unspecified atom stereocenters. The molecule has 1 saturated heterocycles.